The van der Waals surface area contributed by atoms with Gasteiger partial charge in [-0.05, 0) is 58.2 Å². The maximum Gasteiger partial charge on any atom is 0.412 e. The minimum Gasteiger partial charge on any atom is -0.444 e. The number of hydrogen-bond acceptors (Lipinski definition) is 7. The summed E-state index contributed by atoms with van der Waals surface area (Å²) in [6, 6.07) is 9.21. The van der Waals surface area contributed by atoms with Crippen LogP contribution in [0.15, 0.2) is 30.5 Å². The number of piperidine rings is 1. The van der Waals surface area contributed by atoms with E-state index in [2.05, 4.69) is 31.6 Å². The lowest BCUT2D eigenvalue weighted by molar-refractivity contribution is 0.0636. The zero-order valence-corrected chi connectivity index (χ0v) is 17.0. The van der Waals surface area contributed by atoms with Crippen LogP contribution < -0.4 is 15.5 Å². The lowest BCUT2D eigenvalue weighted by Crippen LogP contribution is -2.30. The van der Waals surface area contributed by atoms with Crippen molar-refractivity contribution < 1.29 is 9.53 Å². The molecule has 0 unspecified atom stereocenters. The zero-order valence-electron chi connectivity index (χ0n) is 17.0. The number of benzene rings is 1. The van der Waals surface area contributed by atoms with Gasteiger partial charge in [0.05, 0.1) is 6.20 Å². The molecular weight excluding hydrogens is 368 g/mol. The average Bonchev–Trinajstić information content (AvgIpc) is 2.67. The summed E-state index contributed by atoms with van der Waals surface area (Å²) in [5.74, 6) is 1.15. The summed E-state index contributed by atoms with van der Waals surface area (Å²) >= 11 is 0. The number of ether oxygens (including phenoxy) is 1. The predicted octanol–water partition coefficient (Wildman–Crippen LogP) is 4.43. The van der Waals surface area contributed by atoms with E-state index in [1.54, 1.807) is 24.4 Å². The van der Waals surface area contributed by atoms with Gasteiger partial charge in [-0.1, -0.05) is 6.07 Å². The molecule has 152 valence electrons. The van der Waals surface area contributed by atoms with Gasteiger partial charge in [0, 0.05) is 24.5 Å². The normalized spacial score (nSPS) is 14.1. The molecule has 1 aromatic carbocycles. The van der Waals surface area contributed by atoms with Gasteiger partial charge in [-0.2, -0.15) is 5.26 Å². The highest BCUT2D eigenvalue weighted by Crippen LogP contribution is 2.24. The van der Waals surface area contributed by atoms with Crippen LogP contribution in [0, 0.1) is 11.3 Å². The Kier molecular flexibility index (Phi) is 6.17. The Balaban J connectivity index is 1.77. The third kappa shape index (κ3) is 5.82. The van der Waals surface area contributed by atoms with Gasteiger partial charge in [-0.15, -0.1) is 0 Å². The first kappa shape index (κ1) is 20.4. The van der Waals surface area contributed by atoms with Gasteiger partial charge < -0.3 is 15.0 Å². The van der Waals surface area contributed by atoms with Gasteiger partial charge in [0.2, 0.25) is 0 Å². The van der Waals surface area contributed by atoms with Gasteiger partial charge in [0.25, 0.3) is 0 Å². The molecule has 2 N–H and O–H groups in total. The zero-order chi connectivity index (χ0) is 20.9. The third-order valence-corrected chi connectivity index (χ3v) is 4.32. The van der Waals surface area contributed by atoms with Gasteiger partial charge in [0.1, 0.15) is 17.5 Å². The molecule has 2 aromatic rings. The average molecular weight is 394 g/mol. The van der Waals surface area contributed by atoms with Gasteiger partial charge in [-0.3, -0.25) is 5.32 Å². The molecular formula is C21H26N6O2. The molecule has 0 atom stereocenters. The van der Waals surface area contributed by atoms with E-state index in [-0.39, 0.29) is 5.69 Å². The largest absolute Gasteiger partial charge is 0.444 e. The van der Waals surface area contributed by atoms with Crippen molar-refractivity contribution in [3.8, 4) is 6.07 Å². The van der Waals surface area contributed by atoms with Gasteiger partial charge in [0.15, 0.2) is 11.5 Å². The number of nitriles is 1. The summed E-state index contributed by atoms with van der Waals surface area (Å²) in [6.07, 6.45) is 4.60. The van der Waals surface area contributed by atoms with Gasteiger partial charge in [-0.25, -0.2) is 14.8 Å². The quantitative estimate of drug-likeness (QED) is 0.790. The molecule has 0 bridgehead atoms. The topological polar surface area (TPSA) is 103 Å². The Morgan fingerprint density at radius 3 is 2.62 bits per heavy atom. The van der Waals surface area contributed by atoms with E-state index in [4.69, 9.17) is 4.74 Å². The molecule has 3 rings (SSSR count). The first-order valence-corrected chi connectivity index (χ1v) is 9.73. The summed E-state index contributed by atoms with van der Waals surface area (Å²) in [4.78, 5) is 23.1. The fourth-order valence-electron chi connectivity index (χ4n) is 3.06. The second-order valence-corrected chi connectivity index (χ2v) is 7.92. The molecule has 1 aromatic heterocycles. The third-order valence-electron chi connectivity index (χ3n) is 4.32. The highest BCUT2D eigenvalue weighted by atomic mass is 16.6. The van der Waals surface area contributed by atoms with E-state index < -0.39 is 11.7 Å². The van der Waals surface area contributed by atoms with Crippen molar-refractivity contribution >= 4 is 29.1 Å². The molecule has 29 heavy (non-hydrogen) atoms. The number of carbonyl (C=O) groups excluding carboxylic acids is 1. The standard InChI is InChI=1S/C21H26N6O2/c1-21(2,3)29-20(28)25-16-9-7-8-15(12-16)24-19-17(13-22)23-14-18(26-19)27-10-5-4-6-11-27/h7-9,12,14H,4-6,10-11H2,1-3H3,(H,24,26)(H,25,28). The van der Waals surface area contributed by atoms with Crippen LogP contribution in [-0.4, -0.2) is 34.8 Å². The van der Waals surface area contributed by atoms with Crippen LogP contribution in [-0.2, 0) is 4.74 Å². The van der Waals surface area contributed by atoms with Gasteiger partial charge >= 0.3 is 6.09 Å². The van der Waals surface area contributed by atoms with E-state index in [0.717, 1.165) is 31.7 Å². The Hall–Kier alpha value is -3.34. The van der Waals surface area contributed by atoms with Crippen molar-refractivity contribution in [3.05, 3.63) is 36.2 Å². The minimum atomic E-state index is -0.577. The molecule has 0 saturated carbocycles. The number of nitrogens with one attached hydrogen (secondary N) is 2. The molecule has 0 spiro atoms. The van der Waals surface area contributed by atoms with Crippen LogP contribution in [0.1, 0.15) is 45.7 Å². The molecule has 1 fully saturated rings. The molecule has 1 amide bonds. The number of aromatic nitrogens is 2. The Morgan fingerprint density at radius 2 is 1.93 bits per heavy atom. The number of hydrogen-bond donors (Lipinski definition) is 2. The second kappa shape index (κ2) is 8.78. The lowest BCUT2D eigenvalue weighted by Gasteiger charge is -2.27. The van der Waals surface area contributed by atoms with E-state index in [1.165, 1.54) is 6.42 Å². The highest BCUT2D eigenvalue weighted by molar-refractivity contribution is 5.86. The predicted molar refractivity (Wildman–Crippen MR) is 112 cm³/mol. The summed E-state index contributed by atoms with van der Waals surface area (Å²) in [7, 11) is 0. The number of rotatable bonds is 4. The molecule has 8 heteroatoms. The van der Waals surface area contributed by atoms with Crippen molar-refractivity contribution in [2.24, 2.45) is 0 Å². The Labute approximate surface area is 170 Å². The molecule has 1 saturated heterocycles. The number of nitrogens with zero attached hydrogens (tertiary/aromatic N) is 4. The molecule has 1 aliphatic heterocycles. The summed E-state index contributed by atoms with van der Waals surface area (Å²) in [5.41, 5.74) is 0.894. The van der Waals surface area contributed by atoms with Crippen molar-refractivity contribution in [3.63, 3.8) is 0 Å². The smallest absolute Gasteiger partial charge is 0.412 e. The number of amides is 1. The molecule has 8 nitrogen and oxygen atoms in total. The SMILES string of the molecule is CC(C)(C)OC(=O)Nc1cccc(Nc2nc(N3CCCCC3)cnc2C#N)c1. The fourth-order valence-corrected chi connectivity index (χ4v) is 3.06. The second-order valence-electron chi connectivity index (χ2n) is 7.92. The van der Waals surface area contributed by atoms with Crippen LogP contribution in [0.5, 0.6) is 0 Å². The van der Waals surface area contributed by atoms with Crippen molar-refractivity contribution in [2.75, 3.05) is 28.6 Å². The van der Waals surface area contributed by atoms with Crippen LogP contribution in [0.2, 0.25) is 0 Å². The Bertz CT molecular complexity index is 910. The monoisotopic (exact) mass is 394 g/mol. The van der Waals surface area contributed by atoms with Crippen molar-refractivity contribution in [1.29, 1.82) is 5.26 Å². The van der Waals surface area contributed by atoms with Crippen LogP contribution >= 0.6 is 0 Å². The molecule has 1 aliphatic rings. The van der Waals surface area contributed by atoms with E-state index >= 15 is 0 Å². The molecule has 2 heterocycles. The summed E-state index contributed by atoms with van der Waals surface area (Å²) in [5, 5.41) is 15.3. The number of anilines is 4. The highest BCUT2D eigenvalue weighted by Gasteiger charge is 2.17. The summed E-state index contributed by atoms with van der Waals surface area (Å²) in [6.45, 7) is 7.30. The molecule has 0 aliphatic carbocycles. The minimum absolute atomic E-state index is 0.219. The molecule has 0 radical (unpaired) electrons. The fraction of sp³-hybridized carbons (Fsp3) is 0.429. The Morgan fingerprint density at radius 1 is 1.21 bits per heavy atom. The van der Waals surface area contributed by atoms with E-state index in [9.17, 15) is 10.1 Å². The first-order chi connectivity index (χ1) is 13.8. The van der Waals surface area contributed by atoms with Crippen LogP contribution in [0.3, 0.4) is 0 Å². The van der Waals surface area contributed by atoms with E-state index in [1.807, 2.05) is 26.8 Å². The summed E-state index contributed by atoms with van der Waals surface area (Å²) < 4.78 is 5.28. The van der Waals surface area contributed by atoms with Crippen molar-refractivity contribution in [2.45, 2.75) is 45.6 Å². The van der Waals surface area contributed by atoms with E-state index in [0.29, 0.717) is 17.2 Å². The lowest BCUT2D eigenvalue weighted by atomic mass is 10.1. The van der Waals surface area contributed by atoms with Crippen molar-refractivity contribution in [1.82, 2.24) is 9.97 Å². The maximum absolute atomic E-state index is 12.0. The maximum atomic E-state index is 12.0. The van der Waals surface area contributed by atoms with Crippen LogP contribution in [0.25, 0.3) is 0 Å². The van der Waals surface area contributed by atoms with Crippen LogP contribution in [0.4, 0.5) is 27.8 Å². The number of carbonyl (C=O) groups is 1. The first-order valence-electron chi connectivity index (χ1n) is 9.73.